The van der Waals surface area contributed by atoms with Crippen molar-refractivity contribution in [3.05, 3.63) is 11.6 Å². The van der Waals surface area contributed by atoms with Crippen molar-refractivity contribution in [1.82, 2.24) is 0 Å². The van der Waals surface area contributed by atoms with Gasteiger partial charge in [0.15, 0.2) is 0 Å². The molecule has 0 aromatic carbocycles. The van der Waals surface area contributed by atoms with Crippen LogP contribution in [0.25, 0.3) is 0 Å². The minimum atomic E-state index is 0.100. The lowest BCUT2D eigenvalue weighted by atomic mass is 9.71. The van der Waals surface area contributed by atoms with Crippen molar-refractivity contribution in [2.24, 2.45) is 5.92 Å². The summed E-state index contributed by atoms with van der Waals surface area (Å²) in [7, 11) is 0. The zero-order valence-electron chi connectivity index (χ0n) is 11.3. The minimum Gasteiger partial charge on any atom is -0.369 e. The molecule has 3 fully saturated rings. The van der Waals surface area contributed by atoms with Gasteiger partial charge in [-0.2, -0.15) is 0 Å². The number of rotatable bonds is 3. The summed E-state index contributed by atoms with van der Waals surface area (Å²) in [6.07, 6.45) is 9.05. The minimum absolute atomic E-state index is 0.100. The summed E-state index contributed by atoms with van der Waals surface area (Å²) >= 11 is 0. The van der Waals surface area contributed by atoms with Crippen LogP contribution < -0.4 is 0 Å². The highest BCUT2D eigenvalue weighted by Crippen LogP contribution is 2.58. The van der Waals surface area contributed by atoms with E-state index < -0.39 is 0 Å². The molecule has 2 saturated heterocycles. The number of hydrogen-bond acceptors (Lipinski definition) is 2. The molecular weight excluding hydrogens is 212 g/mol. The van der Waals surface area contributed by atoms with E-state index in [2.05, 4.69) is 26.8 Å². The Morgan fingerprint density at radius 3 is 2.76 bits per heavy atom. The normalized spacial score (nSPS) is 47.9. The second kappa shape index (κ2) is 3.83. The average molecular weight is 236 g/mol. The Morgan fingerprint density at radius 2 is 2.12 bits per heavy atom. The van der Waals surface area contributed by atoms with Crippen LogP contribution in [0.5, 0.6) is 0 Å². The second-order valence-corrected chi connectivity index (χ2v) is 6.46. The standard InChI is InChI=1S/C15H24O2/c1-11(2)7-8-13-14(3,17-13)12-6-4-5-9-15(12)10-16-15/h7,12-13H,4-6,8-10H2,1-3H3/t12-,13-,14-,15+/m1/s1. The lowest BCUT2D eigenvalue weighted by Crippen LogP contribution is -2.39. The summed E-state index contributed by atoms with van der Waals surface area (Å²) in [6.45, 7) is 7.60. The molecule has 96 valence electrons. The number of ether oxygens (including phenoxy) is 2. The van der Waals surface area contributed by atoms with Gasteiger partial charge in [-0.3, -0.25) is 0 Å². The first-order chi connectivity index (χ1) is 8.07. The third-order valence-corrected chi connectivity index (χ3v) is 4.90. The lowest BCUT2D eigenvalue weighted by Gasteiger charge is -2.32. The van der Waals surface area contributed by atoms with E-state index in [-0.39, 0.29) is 11.2 Å². The smallest absolute Gasteiger partial charge is 0.0979 e. The van der Waals surface area contributed by atoms with E-state index in [1.807, 2.05) is 0 Å². The Bertz CT molecular complexity index is 339. The molecule has 2 aliphatic heterocycles. The zero-order chi connectivity index (χ0) is 12.1. The van der Waals surface area contributed by atoms with Crippen LogP contribution in [0.15, 0.2) is 11.6 Å². The van der Waals surface area contributed by atoms with Crippen LogP contribution in [0.1, 0.15) is 52.9 Å². The highest BCUT2D eigenvalue weighted by Gasteiger charge is 2.67. The Kier molecular flexibility index (Phi) is 2.64. The molecule has 3 aliphatic rings. The fraction of sp³-hybridized carbons (Fsp3) is 0.867. The van der Waals surface area contributed by atoms with Gasteiger partial charge in [0, 0.05) is 5.92 Å². The maximum absolute atomic E-state index is 6.05. The average Bonchev–Trinajstić information content (AvgIpc) is 3.17. The Balaban J connectivity index is 1.66. The maximum atomic E-state index is 6.05. The number of epoxide rings is 2. The second-order valence-electron chi connectivity index (χ2n) is 6.46. The molecule has 1 saturated carbocycles. The monoisotopic (exact) mass is 236 g/mol. The molecular formula is C15H24O2. The zero-order valence-corrected chi connectivity index (χ0v) is 11.3. The van der Waals surface area contributed by atoms with Crippen LogP contribution in [-0.2, 0) is 9.47 Å². The first kappa shape index (κ1) is 11.7. The molecule has 1 spiro atoms. The van der Waals surface area contributed by atoms with E-state index in [0.717, 1.165) is 13.0 Å². The molecule has 0 bridgehead atoms. The van der Waals surface area contributed by atoms with Crippen molar-refractivity contribution in [1.29, 1.82) is 0 Å². The van der Waals surface area contributed by atoms with Gasteiger partial charge in [0.2, 0.25) is 0 Å². The molecule has 3 rings (SSSR count). The summed E-state index contributed by atoms with van der Waals surface area (Å²) in [6, 6.07) is 0. The molecule has 17 heavy (non-hydrogen) atoms. The Morgan fingerprint density at radius 1 is 1.35 bits per heavy atom. The van der Waals surface area contributed by atoms with Crippen molar-refractivity contribution in [3.8, 4) is 0 Å². The predicted molar refractivity (Wildman–Crippen MR) is 68.0 cm³/mol. The summed E-state index contributed by atoms with van der Waals surface area (Å²) in [4.78, 5) is 0. The lowest BCUT2D eigenvalue weighted by molar-refractivity contribution is 0.0886. The van der Waals surface area contributed by atoms with Crippen molar-refractivity contribution in [2.75, 3.05) is 6.61 Å². The van der Waals surface area contributed by atoms with Crippen molar-refractivity contribution >= 4 is 0 Å². The van der Waals surface area contributed by atoms with Gasteiger partial charge in [0.25, 0.3) is 0 Å². The fourth-order valence-electron chi connectivity index (χ4n) is 3.66. The molecule has 4 atom stereocenters. The van der Waals surface area contributed by atoms with Crippen LogP contribution in [0, 0.1) is 5.92 Å². The molecule has 0 amide bonds. The van der Waals surface area contributed by atoms with Crippen molar-refractivity contribution in [2.45, 2.75) is 70.2 Å². The Hall–Kier alpha value is -0.340. The molecule has 0 radical (unpaired) electrons. The van der Waals surface area contributed by atoms with Gasteiger partial charge in [-0.25, -0.2) is 0 Å². The van der Waals surface area contributed by atoms with Gasteiger partial charge < -0.3 is 9.47 Å². The molecule has 0 N–H and O–H groups in total. The van der Waals surface area contributed by atoms with E-state index in [0.29, 0.717) is 12.0 Å². The summed E-state index contributed by atoms with van der Waals surface area (Å²) < 4.78 is 11.8. The van der Waals surface area contributed by atoms with Gasteiger partial charge in [0.05, 0.1) is 23.9 Å². The summed E-state index contributed by atoms with van der Waals surface area (Å²) in [5.41, 5.74) is 1.71. The first-order valence-electron chi connectivity index (χ1n) is 7.02. The topological polar surface area (TPSA) is 25.1 Å². The van der Waals surface area contributed by atoms with E-state index in [9.17, 15) is 0 Å². The maximum Gasteiger partial charge on any atom is 0.0979 e. The van der Waals surface area contributed by atoms with Crippen LogP contribution in [0.3, 0.4) is 0 Å². The molecule has 1 aliphatic carbocycles. The summed E-state index contributed by atoms with van der Waals surface area (Å²) in [5.74, 6) is 0.638. The van der Waals surface area contributed by atoms with E-state index >= 15 is 0 Å². The SMILES string of the molecule is CC(C)=CC[C@H]1O[C@]1(C)[C@H]1CCCC[C@]12CO2. The summed E-state index contributed by atoms with van der Waals surface area (Å²) in [5, 5.41) is 0. The van der Waals surface area contributed by atoms with Crippen molar-refractivity contribution in [3.63, 3.8) is 0 Å². The predicted octanol–water partition coefficient (Wildman–Crippen LogP) is 3.46. The highest BCUT2D eigenvalue weighted by atomic mass is 16.6. The fourth-order valence-corrected chi connectivity index (χ4v) is 3.66. The van der Waals surface area contributed by atoms with Gasteiger partial charge in [-0.05, 0) is 40.0 Å². The van der Waals surface area contributed by atoms with Crippen LogP contribution >= 0.6 is 0 Å². The van der Waals surface area contributed by atoms with Crippen LogP contribution in [0.4, 0.5) is 0 Å². The third-order valence-electron chi connectivity index (χ3n) is 4.90. The molecule has 2 heteroatoms. The van der Waals surface area contributed by atoms with Crippen LogP contribution in [0.2, 0.25) is 0 Å². The molecule has 0 aromatic rings. The largest absolute Gasteiger partial charge is 0.369 e. The van der Waals surface area contributed by atoms with Gasteiger partial charge in [-0.1, -0.05) is 24.5 Å². The quantitative estimate of drug-likeness (QED) is 0.554. The van der Waals surface area contributed by atoms with Gasteiger partial charge in [-0.15, -0.1) is 0 Å². The van der Waals surface area contributed by atoms with E-state index in [1.54, 1.807) is 0 Å². The highest BCUT2D eigenvalue weighted by molar-refractivity contribution is 5.16. The van der Waals surface area contributed by atoms with Crippen LogP contribution in [-0.4, -0.2) is 23.9 Å². The molecule has 2 nitrogen and oxygen atoms in total. The Labute approximate surface area is 104 Å². The molecule has 0 aromatic heterocycles. The molecule has 2 heterocycles. The van der Waals surface area contributed by atoms with E-state index in [4.69, 9.17) is 9.47 Å². The van der Waals surface area contributed by atoms with Crippen molar-refractivity contribution < 1.29 is 9.47 Å². The van der Waals surface area contributed by atoms with Gasteiger partial charge >= 0.3 is 0 Å². The van der Waals surface area contributed by atoms with E-state index in [1.165, 1.54) is 31.3 Å². The molecule has 0 unspecified atom stereocenters. The third kappa shape index (κ3) is 1.96. The van der Waals surface area contributed by atoms with Gasteiger partial charge in [0.1, 0.15) is 0 Å². The first-order valence-corrected chi connectivity index (χ1v) is 7.02. The number of allylic oxidation sites excluding steroid dienone is 1. The number of hydrogen-bond donors (Lipinski definition) is 0.